The van der Waals surface area contributed by atoms with Crippen molar-refractivity contribution in [3.05, 3.63) is 23.7 Å². The number of hydrogen-bond acceptors (Lipinski definition) is 5. The van der Waals surface area contributed by atoms with Crippen LogP contribution in [-0.4, -0.2) is 55.1 Å². The Labute approximate surface area is 136 Å². The number of aliphatic hydroxyl groups is 1. The summed E-state index contributed by atoms with van der Waals surface area (Å²) in [5, 5.41) is 23.5. The minimum atomic E-state index is -0.140. The van der Waals surface area contributed by atoms with E-state index in [0.717, 1.165) is 55.9 Å². The third-order valence-electron chi connectivity index (χ3n) is 5.48. The molecule has 4 rings (SSSR count). The fraction of sp³-hybridized carbons (Fsp3) is 0.706. The Balaban J connectivity index is 1.47. The highest BCUT2D eigenvalue weighted by Gasteiger charge is 2.33. The highest BCUT2D eigenvalue weighted by Crippen LogP contribution is 2.31. The van der Waals surface area contributed by atoms with Crippen LogP contribution in [0.5, 0.6) is 0 Å². The van der Waals surface area contributed by atoms with Gasteiger partial charge in [-0.2, -0.15) is 9.61 Å². The molecule has 0 aromatic carbocycles. The fourth-order valence-electron chi connectivity index (χ4n) is 4.16. The maximum atomic E-state index is 10.3. The van der Waals surface area contributed by atoms with Gasteiger partial charge < -0.3 is 5.11 Å². The van der Waals surface area contributed by atoms with Crippen molar-refractivity contribution in [2.24, 2.45) is 0 Å². The molecule has 0 radical (unpaired) electrons. The van der Waals surface area contributed by atoms with Crippen LogP contribution in [0.3, 0.4) is 0 Å². The van der Waals surface area contributed by atoms with Gasteiger partial charge in [-0.1, -0.05) is 12.8 Å². The van der Waals surface area contributed by atoms with Gasteiger partial charge in [0.25, 0.3) is 0 Å². The molecular formula is C17H25N5O. The van der Waals surface area contributed by atoms with E-state index in [1.165, 1.54) is 12.8 Å². The topological polar surface area (TPSA) is 66.5 Å². The molecule has 124 valence electrons. The van der Waals surface area contributed by atoms with Crippen LogP contribution in [0, 0.1) is 6.92 Å². The van der Waals surface area contributed by atoms with Crippen LogP contribution in [0.1, 0.15) is 56.0 Å². The van der Waals surface area contributed by atoms with E-state index in [9.17, 15) is 5.11 Å². The summed E-state index contributed by atoms with van der Waals surface area (Å²) >= 11 is 0. The molecule has 1 N–H and O–H groups in total. The number of aryl methyl sites for hydroxylation is 1. The van der Waals surface area contributed by atoms with Crippen molar-refractivity contribution in [3.63, 3.8) is 0 Å². The molecule has 2 unspecified atom stereocenters. The molecule has 1 saturated heterocycles. The van der Waals surface area contributed by atoms with E-state index in [0.29, 0.717) is 12.0 Å². The Morgan fingerprint density at radius 1 is 1.04 bits per heavy atom. The third kappa shape index (κ3) is 2.85. The second-order valence-corrected chi connectivity index (χ2v) is 7.03. The first-order valence-corrected chi connectivity index (χ1v) is 8.83. The first-order chi connectivity index (χ1) is 11.2. The van der Waals surface area contributed by atoms with Gasteiger partial charge in [0.15, 0.2) is 11.5 Å². The molecule has 1 saturated carbocycles. The van der Waals surface area contributed by atoms with Gasteiger partial charge in [-0.05, 0) is 57.8 Å². The highest BCUT2D eigenvalue weighted by atomic mass is 16.3. The highest BCUT2D eigenvalue weighted by molar-refractivity contribution is 5.36. The third-order valence-corrected chi connectivity index (χ3v) is 5.48. The first-order valence-electron chi connectivity index (χ1n) is 8.83. The zero-order valence-electron chi connectivity index (χ0n) is 13.7. The molecule has 0 amide bonds. The van der Waals surface area contributed by atoms with Gasteiger partial charge in [-0.25, -0.2) is 0 Å². The predicted molar refractivity (Wildman–Crippen MR) is 87.3 cm³/mol. The molecule has 1 aliphatic heterocycles. The predicted octanol–water partition coefficient (Wildman–Crippen LogP) is 1.92. The lowest BCUT2D eigenvalue weighted by Gasteiger charge is -2.41. The Morgan fingerprint density at radius 3 is 2.61 bits per heavy atom. The number of nitrogens with zero attached hydrogens (tertiary/aromatic N) is 5. The quantitative estimate of drug-likeness (QED) is 0.917. The molecule has 1 aliphatic carbocycles. The van der Waals surface area contributed by atoms with E-state index in [1.807, 2.05) is 23.6 Å². The lowest BCUT2D eigenvalue weighted by molar-refractivity contribution is 0.00825. The first kappa shape index (κ1) is 15.0. The molecule has 6 nitrogen and oxygen atoms in total. The lowest BCUT2D eigenvalue weighted by Crippen LogP contribution is -2.48. The normalized spacial score (nSPS) is 27.6. The summed E-state index contributed by atoms with van der Waals surface area (Å²) in [7, 11) is 0. The van der Waals surface area contributed by atoms with Crippen LogP contribution in [0.2, 0.25) is 0 Å². The molecule has 23 heavy (non-hydrogen) atoms. The number of hydrogen-bond donors (Lipinski definition) is 1. The zero-order valence-corrected chi connectivity index (χ0v) is 13.7. The number of aromatic nitrogens is 4. The van der Waals surface area contributed by atoms with Crippen LogP contribution >= 0.6 is 0 Å². The van der Waals surface area contributed by atoms with E-state index in [4.69, 9.17) is 0 Å². The van der Waals surface area contributed by atoms with Crippen molar-refractivity contribution in [2.75, 3.05) is 13.1 Å². The van der Waals surface area contributed by atoms with Gasteiger partial charge in [0.2, 0.25) is 0 Å². The summed E-state index contributed by atoms with van der Waals surface area (Å²) in [5.41, 5.74) is 1.82. The zero-order chi connectivity index (χ0) is 15.8. The average Bonchev–Trinajstić information content (AvgIpc) is 2.98. The van der Waals surface area contributed by atoms with Crippen LogP contribution in [-0.2, 0) is 0 Å². The molecule has 6 heteroatoms. The largest absolute Gasteiger partial charge is 0.391 e. The summed E-state index contributed by atoms with van der Waals surface area (Å²) in [6.45, 7) is 4.07. The molecule has 2 aliphatic rings. The average molecular weight is 315 g/mol. The van der Waals surface area contributed by atoms with E-state index in [-0.39, 0.29) is 6.10 Å². The summed E-state index contributed by atoms with van der Waals surface area (Å²) in [6.07, 6.45) is 6.52. The van der Waals surface area contributed by atoms with Crippen LogP contribution in [0.15, 0.2) is 12.1 Å². The molecule has 2 aromatic heterocycles. The minimum absolute atomic E-state index is 0.140. The summed E-state index contributed by atoms with van der Waals surface area (Å²) < 4.78 is 1.91. The molecule has 0 bridgehead atoms. The van der Waals surface area contributed by atoms with Crippen molar-refractivity contribution in [3.8, 4) is 0 Å². The monoisotopic (exact) mass is 315 g/mol. The van der Waals surface area contributed by atoms with Gasteiger partial charge in [0.1, 0.15) is 0 Å². The minimum Gasteiger partial charge on any atom is -0.391 e. The van der Waals surface area contributed by atoms with Gasteiger partial charge in [-0.15, -0.1) is 10.2 Å². The van der Waals surface area contributed by atoms with Crippen LogP contribution in [0.4, 0.5) is 0 Å². The van der Waals surface area contributed by atoms with Gasteiger partial charge >= 0.3 is 0 Å². The Kier molecular flexibility index (Phi) is 4.03. The smallest absolute Gasteiger partial charge is 0.177 e. The van der Waals surface area contributed by atoms with E-state index in [1.54, 1.807) is 0 Å². The Morgan fingerprint density at radius 2 is 1.83 bits per heavy atom. The second-order valence-electron chi connectivity index (χ2n) is 7.03. The number of aliphatic hydroxyl groups excluding tert-OH is 1. The number of piperidine rings is 1. The summed E-state index contributed by atoms with van der Waals surface area (Å²) in [4.78, 5) is 2.49. The van der Waals surface area contributed by atoms with E-state index >= 15 is 0 Å². The van der Waals surface area contributed by atoms with Gasteiger partial charge in [0.05, 0.1) is 11.8 Å². The molecule has 2 fully saturated rings. The van der Waals surface area contributed by atoms with Crippen molar-refractivity contribution in [1.82, 2.24) is 24.7 Å². The van der Waals surface area contributed by atoms with Crippen molar-refractivity contribution in [2.45, 2.75) is 63.5 Å². The fourth-order valence-corrected chi connectivity index (χ4v) is 4.16. The lowest BCUT2D eigenvalue weighted by atomic mass is 9.88. The summed E-state index contributed by atoms with van der Waals surface area (Å²) in [5.74, 6) is 1.41. The SMILES string of the molecule is Cc1ccc2nnc(C3CCN(C4CCCCC4O)CC3)n2n1. The molecule has 0 spiro atoms. The van der Waals surface area contributed by atoms with E-state index < -0.39 is 0 Å². The Bertz CT molecular complexity index is 677. The van der Waals surface area contributed by atoms with Crippen molar-refractivity contribution < 1.29 is 5.11 Å². The molecule has 2 aromatic rings. The van der Waals surface area contributed by atoms with Crippen LogP contribution in [0.25, 0.3) is 5.65 Å². The number of fused-ring (bicyclic) bond motifs is 1. The van der Waals surface area contributed by atoms with E-state index in [2.05, 4.69) is 20.2 Å². The number of rotatable bonds is 2. The number of likely N-dealkylation sites (tertiary alicyclic amines) is 1. The maximum Gasteiger partial charge on any atom is 0.177 e. The standard InChI is InChI=1S/C17H25N5O/c1-12-6-7-16-18-19-17(22(16)20-12)13-8-10-21(11-9-13)14-4-2-3-5-15(14)23/h6-7,13-15,23H,2-5,8-11H2,1H3. The van der Waals surface area contributed by atoms with Crippen molar-refractivity contribution >= 4 is 5.65 Å². The molecule has 2 atom stereocenters. The van der Waals surface area contributed by atoms with Crippen molar-refractivity contribution in [1.29, 1.82) is 0 Å². The second kappa shape index (κ2) is 6.17. The summed E-state index contributed by atoms with van der Waals surface area (Å²) in [6, 6.07) is 4.31. The molecular weight excluding hydrogens is 290 g/mol. The maximum absolute atomic E-state index is 10.3. The Hall–Kier alpha value is -1.53. The van der Waals surface area contributed by atoms with Gasteiger partial charge in [0, 0.05) is 12.0 Å². The van der Waals surface area contributed by atoms with Gasteiger partial charge in [-0.3, -0.25) is 4.90 Å². The molecule has 3 heterocycles. The van der Waals surface area contributed by atoms with Crippen LogP contribution < -0.4 is 0 Å².